The zero-order valence-electron chi connectivity index (χ0n) is 11.0. The zero-order chi connectivity index (χ0) is 12.3. The molecule has 17 heavy (non-hydrogen) atoms. The summed E-state index contributed by atoms with van der Waals surface area (Å²) < 4.78 is 2.24. The summed E-state index contributed by atoms with van der Waals surface area (Å²) in [4.78, 5) is 6.80. The minimum Gasteiger partial charge on any atom is -0.331 e. The molecule has 1 aromatic heterocycles. The van der Waals surface area contributed by atoms with Gasteiger partial charge in [-0.2, -0.15) is 0 Å². The highest BCUT2D eigenvalue weighted by Gasteiger charge is 2.24. The van der Waals surface area contributed by atoms with Crippen LogP contribution in [0.4, 0.5) is 0 Å². The first-order chi connectivity index (χ1) is 8.24. The average molecular weight is 236 g/mol. The molecule has 1 aliphatic heterocycles. The van der Waals surface area contributed by atoms with Crippen LogP contribution in [0.25, 0.3) is 0 Å². The van der Waals surface area contributed by atoms with Crippen molar-refractivity contribution in [2.45, 2.75) is 45.2 Å². The van der Waals surface area contributed by atoms with Crippen LogP contribution in [-0.4, -0.2) is 34.1 Å². The number of likely N-dealkylation sites (tertiary alicyclic amines) is 1. The van der Waals surface area contributed by atoms with Gasteiger partial charge in [-0.1, -0.05) is 6.42 Å². The number of hydrogen-bond acceptors (Lipinski definition) is 3. The molecule has 0 spiro atoms. The second-order valence-electron chi connectivity index (χ2n) is 5.17. The first-order valence-electron chi connectivity index (χ1n) is 6.70. The van der Waals surface area contributed by atoms with Crippen LogP contribution in [0.3, 0.4) is 0 Å². The van der Waals surface area contributed by atoms with Crippen molar-refractivity contribution in [1.29, 1.82) is 0 Å². The number of piperidine rings is 1. The van der Waals surface area contributed by atoms with Gasteiger partial charge >= 0.3 is 0 Å². The van der Waals surface area contributed by atoms with Crippen molar-refractivity contribution in [2.24, 2.45) is 5.73 Å². The molecule has 1 aliphatic rings. The van der Waals surface area contributed by atoms with E-state index in [4.69, 9.17) is 5.73 Å². The molecular weight excluding hydrogens is 212 g/mol. The van der Waals surface area contributed by atoms with Crippen molar-refractivity contribution in [1.82, 2.24) is 14.5 Å². The lowest BCUT2D eigenvalue weighted by molar-refractivity contribution is 0.160. The Morgan fingerprint density at radius 2 is 2.00 bits per heavy atom. The van der Waals surface area contributed by atoms with Gasteiger partial charge in [0.15, 0.2) is 0 Å². The second-order valence-corrected chi connectivity index (χ2v) is 5.17. The third-order valence-corrected chi connectivity index (χ3v) is 3.65. The zero-order valence-corrected chi connectivity index (χ0v) is 11.0. The highest BCUT2D eigenvalue weighted by atomic mass is 15.2. The Balaban J connectivity index is 2.18. The van der Waals surface area contributed by atoms with E-state index < -0.39 is 0 Å². The number of hydrogen-bond donors (Lipinski definition) is 1. The van der Waals surface area contributed by atoms with Crippen molar-refractivity contribution in [3.63, 3.8) is 0 Å². The highest BCUT2D eigenvalue weighted by Crippen LogP contribution is 2.25. The molecule has 2 N–H and O–H groups in total. The Hall–Kier alpha value is -0.870. The minimum atomic E-state index is 0.334. The predicted molar refractivity (Wildman–Crippen MR) is 69.8 cm³/mol. The summed E-state index contributed by atoms with van der Waals surface area (Å²) in [5.41, 5.74) is 7.25. The molecular formula is C13H24N4. The lowest BCUT2D eigenvalue weighted by Gasteiger charge is -2.34. The van der Waals surface area contributed by atoms with Crippen molar-refractivity contribution < 1.29 is 0 Å². The largest absolute Gasteiger partial charge is 0.331 e. The summed E-state index contributed by atoms with van der Waals surface area (Å²) >= 11 is 0. The standard InChI is InChI=1S/C13H24N4/c1-11(2)17-10-15-9-13(17)12(8-14)16-6-4-3-5-7-16/h9-12H,3-8,14H2,1-2H3. The second kappa shape index (κ2) is 5.65. The van der Waals surface area contributed by atoms with Gasteiger partial charge in [0.05, 0.1) is 18.1 Å². The molecule has 0 aromatic carbocycles. The fourth-order valence-corrected chi connectivity index (χ4v) is 2.69. The summed E-state index contributed by atoms with van der Waals surface area (Å²) in [6.45, 7) is 7.40. The van der Waals surface area contributed by atoms with E-state index in [1.807, 2.05) is 12.5 Å². The molecule has 4 heteroatoms. The molecule has 1 saturated heterocycles. The van der Waals surface area contributed by atoms with Gasteiger partial charge in [0.1, 0.15) is 0 Å². The van der Waals surface area contributed by atoms with E-state index in [0.29, 0.717) is 18.6 Å². The maximum absolute atomic E-state index is 5.98. The van der Waals surface area contributed by atoms with Crippen LogP contribution >= 0.6 is 0 Å². The van der Waals surface area contributed by atoms with Gasteiger partial charge in [0, 0.05) is 18.8 Å². The Morgan fingerprint density at radius 3 is 2.59 bits per heavy atom. The van der Waals surface area contributed by atoms with Crippen molar-refractivity contribution in [3.8, 4) is 0 Å². The lowest BCUT2D eigenvalue weighted by Crippen LogP contribution is -2.38. The SMILES string of the molecule is CC(C)n1cncc1C(CN)N1CCCCC1. The van der Waals surface area contributed by atoms with Gasteiger partial charge in [0.25, 0.3) is 0 Å². The van der Waals surface area contributed by atoms with Crippen LogP contribution in [0, 0.1) is 0 Å². The monoisotopic (exact) mass is 236 g/mol. The summed E-state index contributed by atoms with van der Waals surface area (Å²) in [7, 11) is 0. The van der Waals surface area contributed by atoms with E-state index in [9.17, 15) is 0 Å². The lowest BCUT2D eigenvalue weighted by atomic mass is 10.1. The molecule has 1 fully saturated rings. The van der Waals surface area contributed by atoms with Crippen molar-refractivity contribution in [3.05, 3.63) is 18.2 Å². The molecule has 4 nitrogen and oxygen atoms in total. The number of rotatable bonds is 4. The molecule has 1 unspecified atom stereocenters. The molecule has 0 bridgehead atoms. The molecule has 1 atom stereocenters. The molecule has 0 saturated carbocycles. The van der Waals surface area contributed by atoms with Gasteiger partial charge in [-0.3, -0.25) is 4.90 Å². The molecule has 1 aromatic rings. The molecule has 0 aliphatic carbocycles. The van der Waals surface area contributed by atoms with Crippen molar-refractivity contribution in [2.75, 3.05) is 19.6 Å². The fourth-order valence-electron chi connectivity index (χ4n) is 2.69. The van der Waals surface area contributed by atoms with E-state index >= 15 is 0 Å². The molecule has 0 radical (unpaired) electrons. The number of aromatic nitrogens is 2. The summed E-state index contributed by atoms with van der Waals surface area (Å²) in [5, 5.41) is 0. The van der Waals surface area contributed by atoms with Crippen molar-refractivity contribution >= 4 is 0 Å². The molecule has 2 rings (SSSR count). The van der Waals surface area contributed by atoms with Crippen LogP contribution in [0.5, 0.6) is 0 Å². The van der Waals surface area contributed by atoms with Crippen LogP contribution in [0.15, 0.2) is 12.5 Å². The Kier molecular flexibility index (Phi) is 4.18. The maximum Gasteiger partial charge on any atom is 0.0951 e. The van der Waals surface area contributed by atoms with Crippen LogP contribution < -0.4 is 5.73 Å². The minimum absolute atomic E-state index is 0.334. The summed E-state index contributed by atoms with van der Waals surface area (Å²) in [6, 6.07) is 0.784. The normalized spacial score (nSPS) is 19.8. The third kappa shape index (κ3) is 2.69. The number of imidazole rings is 1. The van der Waals surface area contributed by atoms with Gasteiger partial charge in [0.2, 0.25) is 0 Å². The van der Waals surface area contributed by atoms with Gasteiger partial charge in [-0.15, -0.1) is 0 Å². The highest BCUT2D eigenvalue weighted by molar-refractivity contribution is 5.08. The maximum atomic E-state index is 5.98. The number of nitrogens with zero attached hydrogens (tertiary/aromatic N) is 3. The van der Waals surface area contributed by atoms with Crippen LogP contribution in [-0.2, 0) is 0 Å². The number of nitrogens with two attached hydrogens (primary N) is 1. The Labute approximate surface area is 104 Å². The molecule has 0 amide bonds. The summed E-state index contributed by atoms with van der Waals surface area (Å²) in [5.74, 6) is 0. The molecule has 2 heterocycles. The Bertz CT molecular complexity index is 339. The van der Waals surface area contributed by atoms with Gasteiger partial charge in [-0.05, 0) is 39.8 Å². The van der Waals surface area contributed by atoms with Gasteiger partial charge in [-0.25, -0.2) is 4.98 Å². The van der Waals surface area contributed by atoms with Crippen LogP contribution in [0.2, 0.25) is 0 Å². The van der Waals surface area contributed by atoms with Crippen LogP contribution in [0.1, 0.15) is 50.9 Å². The van der Waals surface area contributed by atoms with Gasteiger partial charge < -0.3 is 10.3 Å². The fraction of sp³-hybridized carbons (Fsp3) is 0.769. The van der Waals surface area contributed by atoms with E-state index in [2.05, 4.69) is 28.3 Å². The van der Waals surface area contributed by atoms with E-state index in [-0.39, 0.29) is 0 Å². The molecule has 96 valence electrons. The third-order valence-electron chi connectivity index (χ3n) is 3.65. The Morgan fingerprint density at radius 1 is 1.29 bits per heavy atom. The first kappa shape index (κ1) is 12.6. The van der Waals surface area contributed by atoms with E-state index in [0.717, 1.165) is 0 Å². The van der Waals surface area contributed by atoms with E-state index in [1.54, 1.807) is 0 Å². The average Bonchev–Trinajstić information content (AvgIpc) is 2.81. The topological polar surface area (TPSA) is 47.1 Å². The predicted octanol–water partition coefficient (Wildman–Crippen LogP) is 1.95. The summed E-state index contributed by atoms with van der Waals surface area (Å²) in [6.07, 6.45) is 7.86. The van der Waals surface area contributed by atoms with E-state index in [1.165, 1.54) is 38.0 Å². The quantitative estimate of drug-likeness (QED) is 0.869. The smallest absolute Gasteiger partial charge is 0.0951 e. The first-order valence-corrected chi connectivity index (χ1v) is 6.70.